The van der Waals surface area contributed by atoms with Crippen molar-refractivity contribution in [2.45, 2.75) is 31.2 Å². The number of nitrogens with zero attached hydrogens (tertiary/aromatic N) is 2. The van der Waals surface area contributed by atoms with Crippen LogP contribution in [0.2, 0.25) is 0 Å². The Labute approximate surface area is 123 Å². The van der Waals surface area contributed by atoms with Crippen LogP contribution in [0.3, 0.4) is 0 Å². The second-order valence-corrected chi connectivity index (χ2v) is 6.34. The number of nitrogens with one attached hydrogen (secondary N) is 1. The van der Waals surface area contributed by atoms with Crippen LogP contribution < -0.4 is 10.5 Å². The molecule has 0 saturated carbocycles. The molecule has 7 nitrogen and oxygen atoms in total. The lowest BCUT2D eigenvalue weighted by atomic mass is 10.1. The molecule has 0 spiro atoms. The fourth-order valence-electron chi connectivity index (χ4n) is 1.92. The Morgan fingerprint density at radius 2 is 2.19 bits per heavy atom. The minimum absolute atomic E-state index is 0.0179. The van der Waals surface area contributed by atoms with Crippen molar-refractivity contribution in [3.63, 3.8) is 0 Å². The second kappa shape index (κ2) is 6.33. The lowest BCUT2D eigenvalue weighted by Gasteiger charge is -2.14. The summed E-state index contributed by atoms with van der Waals surface area (Å²) in [6.45, 7) is 4.35. The summed E-state index contributed by atoms with van der Waals surface area (Å²) in [6, 6.07) is 6.56. The lowest BCUT2D eigenvalue weighted by Crippen LogP contribution is -2.22. The summed E-state index contributed by atoms with van der Waals surface area (Å²) in [5, 5.41) is 12.1. The standard InChI is InChI=1S/C13H18N4O3S/c1-9(15-7-6-13-16-10(2)17-20-13)11-4-3-5-12(8-11)21(14,18)19/h3-5,8-9,15H,6-7H2,1-2H3,(H2,14,18,19). The molecule has 2 aromatic rings. The van der Waals surface area contributed by atoms with Gasteiger partial charge in [-0.05, 0) is 31.5 Å². The highest BCUT2D eigenvalue weighted by Gasteiger charge is 2.11. The molecule has 1 heterocycles. The van der Waals surface area contributed by atoms with E-state index in [1.165, 1.54) is 6.07 Å². The molecule has 3 N–H and O–H groups in total. The van der Waals surface area contributed by atoms with Gasteiger partial charge in [-0.25, -0.2) is 13.6 Å². The number of hydrogen-bond donors (Lipinski definition) is 2. The van der Waals surface area contributed by atoms with E-state index in [4.69, 9.17) is 9.66 Å². The number of hydrogen-bond acceptors (Lipinski definition) is 6. The van der Waals surface area contributed by atoms with Gasteiger partial charge in [0.1, 0.15) is 0 Å². The van der Waals surface area contributed by atoms with E-state index in [9.17, 15) is 8.42 Å². The molecule has 8 heteroatoms. The van der Waals surface area contributed by atoms with Crippen molar-refractivity contribution < 1.29 is 12.9 Å². The van der Waals surface area contributed by atoms with Gasteiger partial charge >= 0.3 is 0 Å². The third-order valence-corrected chi connectivity index (χ3v) is 3.96. The zero-order valence-corrected chi connectivity index (χ0v) is 12.7. The topological polar surface area (TPSA) is 111 Å². The van der Waals surface area contributed by atoms with Gasteiger partial charge in [0.05, 0.1) is 4.90 Å². The minimum atomic E-state index is -3.68. The van der Waals surface area contributed by atoms with Crippen molar-refractivity contribution in [1.29, 1.82) is 0 Å². The number of nitrogens with two attached hydrogens (primary N) is 1. The van der Waals surface area contributed by atoms with E-state index in [2.05, 4.69) is 15.5 Å². The van der Waals surface area contributed by atoms with Gasteiger partial charge in [0.2, 0.25) is 15.9 Å². The van der Waals surface area contributed by atoms with Crippen LogP contribution in [0.25, 0.3) is 0 Å². The first-order valence-corrected chi connectivity index (χ1v) is 8.06. The number of sulfonamides is 1. The molecule has 21 heavy (non-hydrogen) atoms. The van der Waals surface area contributed by atoms with Gasteiger partial charge in [-0.3, -0.25) is 0 Å². The molecule has 2 rings (SSSR count). The van der Waals surface area contributed by atoms with Crippen molar-refractivity contribution in [2.24, 2.45) is 5.14 Å². The molecular formula is C13H18N4O3S. The van der Waals surface area contributed by atoms with E-state index in [1.54, 1.807) is 19.1 Å². The Morgan fingerprint density at radius 1 is 1.43 bits per heavy atom. The minimum Gasteiger partial charge on any atom is -0.339 e. The number of benzene rings is 1. The molecule has 0 aliphatic rings. The van der Waals surface area contributed by atoms with E-state index in [0.717, 1.165) is 5.56 Å². The summed E-state index contributed by atoms with van der Waals surface area (Å²) in [5.41, 5.74) is 0.850. The van der Waals surface area contributed by atoms with Crippen LogP contribution in [-0.2, 0) is 16.4 Å². The zero-order chi connectivity index (χ0) is 15.5. The summed E-state index contributed by atoms with van der Waals surface area (Å²) in [4.78, 5) is 4.23. The number of rotatable bonds is 6. The first-order chi connectivity index (χ1) is 9.86. The van der Waals surface area contributed by atoms with Crippen molar-refractivity contribution >= 4 is 10.0 Å². The Kier molecular flexibility index (Phi) is 4.71. The third-order valence-electron chi connectivity index (χ3n) is 3.05. The van der Waals surface area contributed by atoms with Crippen LogP contribution >= 0.6 is 0 Å². The van der Waals surface area contributed by atoms with E-state index in [1.807, 2.05) is 13.0 Å². The quantitative estimate of drug-likeness (QED) is 0.820. The maximum atomic E-state index is 11.3. The van der Waals surface area contributed by atoms with Gasteiger partial charge in [0.25, 0.3) is 0 Å². The molecule has 0 saturated heterocycles. The monoisotopic (exact) mass is 310 g/mol. The second-order valence-electron chi connectivity index (χ2n) is 4.78. The molecular weight excluding hydrogens is 292 g/mol. The smallest absolute Gasteiger partial charge is 0.238 e. The first kappa shape index (κ1) is 15.6. The molecule has 1 unspecified atom stereocenters. The van der Waals surface area contributed by atoms with Gasteiger partial charge in [-0.2, -0.15) is 4.98 Å². The van der Waals surface area contributed by atoms with Gasteiger partial charge < -0.3 is 9.84 Å². The Bertz CT molecular complexity index is 712. The normalized spacial score (nSPS) is 13.3. The fourth-order valence-corrected chi connectivity index (χ4v) is 2.48. The van der Waals surface area contributed by atoms with E-state index < -0.39 is 10.0 Å². The Balaban J connectivity index is 1.95. The molecule has 1 aromatic carbocycles. The van der Waals surface area contributed by atoms with E-state index >= 15 is 0 Å². The number of aromatic nitrogens is 2. The predicted molar refractivity (Wildman–Crippen MR) is 77.0 cm³/mol. The highest BCUT2D eigenvalue weighted by atomic mass is 32.2. The molecule has 0 fully saturated rings. The predicted octanol–water partition coefficient (Wildman–Crippen LogP) is 0.919. The number of primary sulfonamides is 1. The Morgan fingerprint density at radius 3 is 2.81 bits per heavy atom. The fraction of sp³-hybridized carbons (Fsp3) is 0.385. The van der Waals surface area contributed by atoms with Crippen LogP contribution in [0.5, 0.6) is 0 Å². The summed E-state index contributed by atoms with van der Waals surface area (Å²) < 4.78 is 27.7. The van der Waals surface area contributed by atoms with Crippen LogP contribution in [0.15, 0.2) is 33.7 Å². The van der Waals surface area contributed by atoms with Crippen LogP contribution in [0.1, 0.15) is 30.2 Å². The van der Waals surface area contributed by atoms with E-state index in [0.29, 0.717) is 24.7 Å². The van der Waals surface area contributed by atoms with Crippen molar-refractivity contribution in [3.8, 4) is 0 Å². The molecule has 0 bridgehead atoms. The zero-order valence-electron chi connectivity index (χ0n) is 11.9. The molecule has 0 aliphatic carbocycles. The maximum Gasteiger partial charge on any atom is 0.238 e. The van der Waals surface area contributed by atoms with Gasteiger partial charge in [0, 0.05) is 19.0 Å². The third kappa shape index (κ3) is 4.35. The van der Waals surface area contributed by atoms with Crippen molar-refractivity contribution in [2.75, 3.05) is 6.54 Å². The number of aryl methyl sites for hydroxylation is 1. The average Bonchev–Trinajstić information content (AvgIpc) is 2.83. The summed E-state index contributed by atoms with van der Waals surface area (Å²) in [7, 11) is -3.68. The van der Waals surface area contributed by atoms with Crippen molar-refractivity contribution in [1.82, 2.24) is 15.5 Å². The molecule has 0 aliphatic heterocycles. The van der Waals surface area contributed by atoms with Gasteiger partial charge in [-0.1, -0.05) is 17.3 Å². The van der Waals surface area contributed by atoms with Crippen LogP contribution in [0, 0.1) is 6.92 Å². The Hall–Kier alpha value is -1.77. The summed E-state index contributed by atoms with van der Waals surface area (Å²) in [5.74, 6) is 1.18. The molecule has 0 amide bonds. The largest absolute Gasteiger partial charge is 0.339 e. The van der Waals surface area contributed by atoms with Crippen molar-refractivity contribution in [3.05, 3.63) is 41.5 Å². The summed E-state index contributed by atoms with van der Waals surface area (Å²) >= 11 is 0. The molecule has 114 valence electrons. The highest BCUT2D eigenvalue weighted by Crippen LogP contribution is 2.16. The molecule has 1 aromatic heterocycles. The highest BCUT2D eigenvalue weighted by molar-refractivity contribution is 7.89. The molecule has 0 radical (unpaired) electrons. The maximum absolute atomic E-state index is 11.3. The average molecular weight is 310 g/mol. The first-order valence-electron chi connectivity index (χ1n) is 6.51. The van der Waals surface area contributed by atoms with Crippen LogP contribution in [-0.4, -0.2) is 25.1 Å². The van der Waals surface area contributed by atoms with E-state index in [-0.39, 0.29) is 10.9 Å². The SMILES string of the molecule is Cc1noc(CCNC(C)c2cccc(S(N)(=O)=O)c2)n1. The lowest BCUT2D eigenvalue weighted by molar-refractivity contribution is 0.370. The van der Waals surface area contributed by atoms with Gasteiger partial charge in [0.15, 0.2) is 5.82 Å². The van der Waals surface area contributed by atoms with Gasteiger partial charge in [-0.15, -0.1) is 0 Å². The summed E-state index contributed by atoms with van der Waals surface area (Å²) in [6.07, 6.45) is 0.611. The van der Waals surface area contributed by atoms with Crippen LogP contribution in [0.4, 0.5) is 0 Å². The molecule has 1 atom stereocenters.